The van der Waals surface area contributed by atoms with Crippen LogP contribution >= 0.6 is 11.3 Å². The molecule has 1 heterocycles. The smallest absolute Gasteiger partial charge is 0.306 e. The topological polar surface area (TPSA) is 24.9 Å². The van der Waals surface area contributed by atoms with Crippen molar-refractivity contribution >= 4 is 11.3 Å². The van der Waals surface area contributed by atoms with Crippen LogP contribution in [0.1, 0.15) is 38.4 Å². The number of hydrogen-bond acceptors (Lipinski definition) is 3. The van der Waals surface area contributed by atoms with Gasteiger partial charge in [-0.2, -0.15) is 13.2 Å². The monoisotopic (exact) mass is 280 g/mol. The molecule has 0 fully saturated rings. The van der Waals surface area contributed by atoms with Crippen molar-refractivity contribution in [1.29, 1.82) is 0 Å². The van der Waals surface area contributed by atoms with Crippen molar-refractivity contribution in [3.8, 4) is 0 Å². The average Bonchev–Trinajstić information content (AvgIpc) is 2.63. The van der Waals surface area contributed by atoms with Gasteiger partial charge in [-0.15, -0.1) is 11.3 Å². The van der Waals surface area contributed by atoms with Gasteiger partial charge in [-0.05, 0) is 6.54 Å². The van der Waals surface area contributed by atoms with Crippen molar-refractivity contribution in [3.63, 3.8) is 0 Å². The van der Waals surface area contributed by atoms with Crippen LogP contribution in [0.5, 0.6) is 0 Å². The third kappa shape index (κ3) is 4.24. The van der Waals surface area contributed by atoms with Gasteiger partial charge in [0.05, 0.1) is 10.7 Å². The Morgan fingerprint density at radius 2 is 1.94 bits per heavy atom. The van der Waals surface area contributed by atoms with Gasteiger partial charge in [-0.25, -0.2) is 4.98 Å². The molecule has 0 radical (unpaired) electrons. The molecule has 18 heavy (non-hydrogen) atoms. The summed E-state index contributed by atoms with van der Waals surface area (Å²) in [6, 6.07) is -1.51. The van der Waals surface area contributed by atoms with Gasteiger partial charge in [0.2, 0.25) is 0 Å². The maximum absolute atomic E-state index is 12.7. The summed E-state index contributed by atoms with van der Waals surface area (Å²) in [5.74, 6) is 0. The maximum Gasteiger partial charge on any atom is 0.404 e. The van der Waals surface area contributed by atoms with Crippen LogP contribution in [0.15, 0.2) is 5.38 Å². The minimum atomic E-state index is -4.23. The molecule has 1 aromatic heterocycles. The fourth-order valence-electron chi connectivity index (χ4n) is 1.47. The van der Waals surface area contributed by atoms with Crippen molar-refractivity contribution in [2.24, 2.45) is 0 Å². The number of likely N-dealkylation sites (N-methyl/N-ethyl adjacent to an activating group) is 1. The van der Waals surface area contributed by atoms with Crippen LogP contribution in [0, 0.1) is 0 Å². The van der Waals surface area contributed by atoms with E-state index in [1.807, 2.05) is 26.2 Å². The molecule has 0 saturated carbocycles. The summed E-state index contributed by atoms with van der Waals surface area (Å²) < 4.78 is 38.2. The Balaban J connectivity index is 2.79. The summed E-state index contributed by atoms with van der Waals surface area (Å²) in [6.07, 6.45) is -4.33. The first-order valence-electron chi connectivity index (χ1n) is 5.89. The van der Waals surface area contributed by atoms with Crippen molar-refractivity contribution in [2.45, 2.75) is 51.7 Å². The summed E-state index contributed by atoms with van der Waals surface area (Å²) in [5.41, 5.74) is 0.723. The zero-order valence-electron chi connectivity index (χ0n) is 11.1. The molecule has 2 nitrogen and oxygen atoms in total. The number of hydrogen-bond donors (Lipinski definition) is 1. The van der Waals surface area contributed by atoms with E-state index in [2.05, 4.69) is 10.3 Å². The number of alkyl halides is 3. The second-order valence-corrected chi connectivity index (χ2v) is 6.18. The largest absolute Gasteiger partial charge is 0.404 e. The Labute approximate surface area is 110 Å². The molecule has 0 amide bonds. The first-order valence-corrected chi connectivity index (χ1v) is 6.77. The SMILES string of the molecule is CCNC(Cc1nc(C(C)(C)C)cs1)C(F)(F)F. The van der Waals surface area contributed by atoms with E-state index in [9.17, 15) is 13.2 Å². The molecule has 0 aliphatic rings. The summed E-state index contributed by atoms with van der Waals surface area (Å²) in [7, 11) is 0. The van der Waals surface area contributed by atoms with E-state index < -0.39 is 12.2 Å². The Hall–Kier alpha value is -0.620. The highest BCUT2D eigenvalue weighted by Gasteiger charge is 2.39. The van der Waals surface area contributed by atoms with Crippen molar-refractivity contribution in [1.82, 2.24) is 10.3 Å². The van der Waals surface area contributed by atoms with Crippen LogP contribution < -0.4 is 5.32 Å². The van der Waals surface area contributed by atoms with Gasteiger partial charge in [0, 0.05) is 17.2 Å². The van der Waals surface area contributed by atoms with Gasteiger partial charge in [0.15, 0.2) is 0 Å². The van der Waals surface area contributed by atoms with Gasteiger partial charge in [0.1, 0.15) is 6.04 Å². The zero-order valence-corrected chi connectivity index (χ0v) is 11.9. The second kappa shape index (κ2) is 5.57. The molecule has 6 heteroatoms. The summed E-state index contributed by atoms with van der Waals surface area (Å²) in [6.45, 7) is 7.95. The number of nitrogens with zero attached hydrogens (tertiary/aromatic N) is 1. The molecule has 0 aliphatic carbocycles. The lowest BCUT2D eigenvalue weighted by atomic mass is 9.93. The zero-order chi connectivity index (χ0) is 14.0. The molecular formula is C12H19F3N2S. The fourth-order valence-corrected chi connectivity index (χ4v) is 2.54. The third-order valence-electron chi connectivity index (χ3n) is 2.54. The van der Waals surface area contributed by atoms with E-state index in [0.717, 1.165) is 5.69 Å². The van der Waals surface area contributed by atoms with E-state index in [1.165, 1.54) is 11.3 Å². The Morgan fingerprint density at radius 1 is 1.33 bits per heavy atom. The molecule has 0 spiro atoms. The van der Waals surface area contributed by atoms with Gasteiger partial charge < -0.3 is 5.32 Å². The Morgan fingerprint density at radius 3 is 2.33 bits per heavy atom. The molecule has 1 rings (SSSR count). The van der Waals surface area contributed by atoms with Gasteiger partial charge in [-0.1, -0.05) is 27.7 Å². The second-order valence-electron chi connectivity index (χ2n) is 5.23. The highest BCUT2D eigenvalue weighted by atomic mass is 32.1. The molecule has 0 saturated heterocycles. The number of halogens is 3. The first kappa shape index (κ1) is 15.4. The predicted octanol–water partition coefficient (Wildman–Crippen LogP) is 3.52. The lowest BCUT2D eigenvalue weighted by Gasteiger charge is -2.20. The minimum absolute atomic E-state index is 0.0991. The van der Waals surface area contributed by atoms with Crippen LogP contribution in [-0.2, 0) is 11.8 Å². The third-order valence-corrected chi connectivity index (χ3v) is 3.42. The van der Waals surface area contributed by atoms with Crippen molar-refractivity contribution in [3.05, 3.63) is 16.1 Å². The number of thiazole rings is 1. The quantitative estimate of drug-likeness (QED) is 0.912. The number of nitrogens with one attached hydrogen (secondary N) is 1. The number of aromatic nitrogens is 1. The first-order chi connectivity index (χ1) is 8.14. The number of rotatable bonds is 4. The predicted molar refractivity (Wildman–Crippen MR) is 68.0 cm³/mol. The highest BCUT2D eigenvalue weighted by Crippen LogP contribution is 2.27. The molecular weight excluding hydrogens is 261 g/mol. The maximum atomic E-state index is 12.7. The molecule has 1 aromatic rings. The van der Waals surface area contributed by atoms with E-state index in [-0.39, 0.29) is 11.8 Å². The standard InChI is InChI=1S/C12H19F3N2S/c1-5-16-8(12(13,14)15)6-10-17-9(7-18-10)11(2,3)4/h7-8,16H,5-6H2,1-4H3. The summed E-state index contributed by atoms with van der Waals surface area (Å²) in [5, 5.41) is 4.83. The van der Waals surface area contributed by atoms with Gasteiger partial charge in [-0.3, -0.25) is 0 Å². The van der Waals surface area contributed by atoms with Gasteiger partial charge in [0.25, 0.3) is 0 Å². The summed E-state index contributed by atoms with van der Waals surface area (Å²) >= 11 is 1.30. The van der Waals surface area contributed by atoms with Crippen LogP contribution in [-0.4, -0.2) is 23.7 Å². The molecule has 1 N–H and O–H groups in total. The van der Waals surface area contributed by atoms with E-state index in [4.69, 9.17) is 0 Å². The molecule has 0 aromatic carbocycles. The molecule has 1 atom stereocenters. The molecule has 104 valence electrons. The minimum Gasteiger partial charge on any atom is -0.306 e. The lowest BCUT2D eigenvalue weighted by molar-refractivity contribution is -0.155. The van der Waals surface area contributed by atoms with Crippen molar-refractivity contribution in [2.75, 3.05) is 6.54 Å². The van der Waals surface area contributed by atoms with Gasteiger partial charge >= 0.3 is 6.18 Å². The molecule has 0 bridgehead atoms. The average molecular weight is 280 g/mol. The highest BCUT2D eigenvalue weighted by molar-refractivity contribution is 7.09. The van der Waals surface area contributed by atoms with Crippen LogP contribution in [0.3, 0.4) is 0 Å². The fraction of sp³-hybridized carbons (Fsp3) is 0.750. The van der Waals surface area contributed by atoms with Crippen molar-refractivity contribution < 1.29 is 13.2 Å². The van der Waals surface area contributed by atoms with E-state index in [0.29, 0.717) is 11.6 Å². The van der Waals surface area contributed by atoms with Crippen LogP contribution in [0.2, 0.25) is 0 Å². The molecule has 0 aliphatic heterocycles. The molecule has 1 unspecified atom stereocenters. The van der Waals surface area contributed by atoms with E-state index >= 15 is 0 Å². The Kier molecular flexibility index (Phi) is 4.78. The lowest BCUT2D eigenvalue weighted by Crippen LogP contribution is -2.43. The normalized spacial score (nSPS) is 14.8. The van der Waals surface area contributed by atoms with Crippen LogP contribution in [0.25, 0.3) is 0 Å². The van der Waals surface area contributed by atoms with Crippen LogP contribution in [0.4, 0.5) is 13.2 Å². The Bertz CT molecular complexity index is 379. The summed E-state index contributed by atoms with van der Waals surface area (Å²) in [4.78, 5) is 4.30. The van der Waals surface area contributed by atoms with E-state index in [1.54, 1.807) is 6.92 Å².